The highest BCUT2D eigenvalue weighted by atomic mass is 16.5. The third-order valence-electron chi connectivity index (χ3n) is 9.96. The molecule has 1 N–H and O–H groups in total. The van der Waals surface area contributed by atoms with Crippen LogP contribution in [0, 0.1) is 18.8 Å². The average Bonchev–Trinajstić information content (AvgIpc) is 3.09. The van der Waals surface area contributed by atoms with Crippen LogP contribution in [0.2, 0.25) is 0 Å². The second kappa shape index (κ2) is 14.3. The summed E-state index contributed by atoms with van der Waals surface area (Å²) in [6.45, 7) is 15.2. The summed E-state index contributed by atoms with van der Waals surface area (Å²) in [5, 5.41) is 9.43. The summed E-state index contributed by atoms with van der Waals surface area (Å²) in [6.07, 6.45) is 3.56. The van der Waals surface area contributed by atoms with Crippen molar-refractivity contribution in [2.24, 2.45) is 11.8 Å². The molecule has 2 fully saturated rings. The predicted octanol–water partition coefficient (Wildman–Crippen LogP) is 8.52. The van der Waals surface area contributed by atoms with E-state index in [0.717, 1.165) is 60.5 Å². The van der Waals surface area contributed by atoms with Gasteiger partial charge >= 0.3 is 5.97 Å². The number of likely N-dealkylation sites (tertiary alicyclic amines) is 1. The van der Waals surface area contributed by atoms with Crippen molar-refractivity contribution in [1.29, 1.82) is 0 Å². The number of fused-ring (bicyclic) bond motifs is 1. The third-order valence-corrected chi connectivity index (χ3v) is 9.96. The Morgan fingerprint density at radius 2 is 1.81 bits per heavy atom. The SMILES string of the molecule is C=C(C)[C@H]1C[C@@H]2CN(Cc3ccc(Oc4ccc(C)cc4)nc3)CC[C@@H]2O[C@@H]1c1cc(C(C)(C)c2ccccc2)ccc1OCC(=O)O. The highest BCUT2D eigenvalue weighted by Gasteiger charge is 2.43. The molecule has 2 aliphatic heterocycles. The molecule has 3 heterocycles. The van der Waals surface area contributed by atoms with Crippen molar-refractivity contribution in [2.75, 3.05) is 19.7 Å². The summed E-state index contributed by atoms with van der Waals surface area (Å²) in [5.41, 5.74) is 6.33. The van der Waals surface area contributed by atoms with Crippen molar-refractivity contribution in [1.82, 2.24) is 9.88 Å². The lowest BCUT2D eigenvalue weighted by molar-refractivity contribution is -0.140. The molecule has 2 aliphatic rings. The van der Waals surface area contributed by atoms with Crippen LogP contribution in [-0.4, -0.2) is 46.8 Å². The average molecular weight is 647 g/mol. The Balaban J connectivity index is 1.18. The number of aryl methyl sites for hydroxylation is 1. The van der Waals surface area contributed by atoms with E-state index in [9.17, 15) is 9.90 Å². The zero-order chi connectivity index (χ0) is 33.8. The minimum absolute atomic E-state index is 0.0633. The number of pyridine rings is 1. The molecule has 250 valence electrons. The number of nitrogens with zero attached hydrogens (tertiary/aromatic N) is 2. The fraction of sp³-hybridized carbons (Fsp3) is 0.366. The van der Waals surface area contributed by atoms with Crippen LogP contribution in [0.1, 0.15) is 67.5 Å². The Kier molecular flexibility index (Phi) is 9.99. The zero-order valence-corrected chi connectivity index (χ0v) is 28.4. The minimum atomic E-state index is -1.01. The summed E-state index contributed by atoms with van der Waals surface area (Å²) >= 11 is 0. The van der Waals surface area contributed by atoms with Gasteiger partial charge in [0.1, 0.15) is 11.5 Å². The molecular formula is C41H46N2O5. The van der Waals surface area contributed by atoms with E-state index in [-0.39, 0.29) is 23.5 Å². The number of ether oxygens (including phenoxy) is 3. The lowest BCUT2D eigenvalue weighted by Crippen LogP contribution is -2.48. The van der Waals surface area contributed by atoms with Crippen LogP contribution in [0.4, 0.5) is 0 Å². The number of benzene rings is 3. The monoisotopic (exact) mass is 646 g/mol. The first-order valence-electron chi connectivity index (χ1n) is 16.8. The number of aliphatic carboxylic acids is 1. The van der Waals surface area contributed by atoms with Crippen molar-refractivity contribution in [3.05, 3.63) is 131 Å². The first-order chi connectivity index (χ1) is 23.1. The zero-order valence-electron chi connectivity index (χ0n) is 28.4. The number of carboxylic acids is 1. The number of carboxylic acid groups (broad SMARTS) is 1. The van der Waals surface area contributed by atoms with Gasteiger partial charge in [-0.05, 0) is 73.6 Å². The third kappa shape index (κ3) is 7.64. The molecule has 4 aromatic rings. The van der Waals surface area contributed by atoms with Crippen molar-refractivity contribution in [2.45, 2.75) is 64.7 Å². The smallest absolute Gasteiger partial charge is 0.341 e. The van der Waals surface area contributed by atoms with Gasteiger partial charge in [-0.15, -0.1) is 0 Å². The number of aromatic nitrogens is 1. The second-order valence-corrected chi connectivity index (χ2v) is 13.9. The van der Waals surface area contributed by atoms with Gasteiger partial charge in [-0.3, -0.25) is 4.90 Å². The molecule has 7 nitrogen and oxygen atoms in total. The number of hydrogen-bond donors (Lipinski definition) is 1. The van der Waals surface area contributed by atoms with E-state index >= 15 is 0 Å². The van der Waals surface area contributed by atoms with Crippen molar-refractivity contribution < 1.29 is 24.1 Å². The summed E-state index contributed by atoms with van der Waals surface area (Å²) < 4.78 is 18.8. The fourth-order valence-electron chi connectivity index (χ4n) is 7.12. The van der Waals surface area contributed by atoms with Gasteiger partial charge in [0.2, 0.25) is 5.88 Å². The Hall–Kier alpha value is -4.46. The topological polar surface area (TPSA) is 81.1 Å². The molecule has 0 spiro atoms. The molecule has 2 saturated heterocycles. The van der Waals surface area contributed by atoms with E-state index < -0.39 is 12.6 Å². The molecule has 0 amide bonds. The lowest BCUT2D eigenvalue weighted by atomic mass is 9.74. The molecule has 4 atom stereocenters. The number of hydrogen-bond acceptors (Lipinski definition) is 6. The van der Waals surface area contributed by atoms with E-state index in [4.69, 9.17) is 14.2 Å². The van der Waals surface area contributed by atoms with E-state index in [0.29, 0.717) is 17.5 Å². The largest absolute Gasteiger partial charge is 0.482 e. The van der Waals surface area contributed by atoms with E-state index in [1.54, 1.807) is 0 Å². The van der Waals surface area contributed by atoms with E-state index in [1.807, 2.05) is 54.7 Å². The van der Waals surface area contributed by atoms with Crippen LogP contribution in [0.3, 0.4) is 0 Å². The fourth-order valence-corrected chi connectivity index (χ4v) is 7.12. The van der Waals surface area contributed by atoms with Crippen LogP contribution in [0.15, 0.2) is 103 Å². The van der Waals surface area contributed by atoms with Crippen LogP contribution < -0.4 is 9.47 Å². The maximum Gasteiger partial charge on any atom is 0.341 e. The van der Waals surface area contributed by atoms with Crippen LogP contribution in [0.25, 0.3) is 0 Å². The van der Waals surface area contributed by atoms with Crippen molar-refractivity contribution >= 4 is 5.97 Å². The summed E-state index contributed by atoms with van der Waals surface area (Å²) in [5.74, 6) is 1.32. The quantitative estimate of drug-likeness (QED) is 0.164. The number of piperidine rings is 1. The van der Waals surface area contributed by atoms with Gasteiger partial charge in [0.15, 0.2) is 6.61 Å². The van der Waals surface area contributed by atoms with Crippen molar-refractivity contribution in [3.8, 4) is 17.4 Å². The molecule has 6 rings (SSSR count). The molecule has 0 aliphatic carbocycles. The van der Waals surface area contributed by atoms with E-state index in [1.165, 1.54) is 11.1 Å². The first-order valence-corrected chi connectivity index (χ1v) is 16.8. The van der Waals surface area contributed by atoms with Crippen LogP contribution in [-0.2, 0) is 21.5 Å². The maximum absolute atomic E-state index is 11.5. The number of rotatable bonds is 11. The van der Waals surface area contributed by atoms with Crippen LogP contribution >= 0.6 is 0 Å². The predicted molar refractivity (Wildman–Crippen MR) is 188 cm³/mol. The molecule has 1 aromatic heterocycles. The van der Waals surface area contributed by atoms with Gasteiger partial charge in [0, 0.05) is 48.8 Å². The summed E-state index contributed by atoms with van der Waals surface area (Å²) in [6, 6.07) is 28.5. The Bertz CT molecular complexity index is 1720. The Morgan fingerprint density at radius 3 is 2.50 bits per heavy atom. The van der Waals surface area contributed by atoms with Crippen LogP contribution in [0.5, 0.6) is 17.4 Å². The maximum atomic E-state index is 11.5. The molecular weight excluding hydrogens is 600 g/mol. The summed E-state index contributed by atoms with van der Waals surface area (Å²) in [7, 11) is 0. The molecule has 0 unspecified atom stereocenters. The van der Waals surface area contributed by atoms with Gasteiger partial charge in [-0.1, -0.05) is 86.2 Å². The first kappa shape index (κ1) is 33.4. The minimum Gasteiger partial charge on any atom is -0.482 e. The number of carbonyl (C=O) groups is 1. The Labute approximate surface area is 284 Å². The molecule has 3 aromatic carbocycles. The molecule has 0 bridgehead atoms. The normalized spacial score (nSPS) is 21.2. The van der Waals surface area contributed by atoms with Gasteiger partial charge in [0.05, 0.1) is 12.2 Å². The standard InChI is InChI=1S/C41H46N2O5/c1-27(2)34-21-30-25-43(24-29-13-18-38(42-23-29)47-33-15-11-28(3)12-16-33)20-19-36(30)48-40(34)35-22-32(14-17-37(35)46-26-39(44)45)41(4,5)31-9-7-6-8-10-31/h6-18,22-23,30,34,36,40H,1,19-21,24-26H2,2-5H3,(H,44,45)/t30-,34-,36+,40+/m1/s1. The van der Waals surface area contributed by atoms with Gasteiger partial charge in [-0.2, -0.15) is 0 Å². The van der Waals surface area contributed by atoms with Gasteiger partial charge in [0.25, 0.3) is 0 Å². The van der Waals surface area contributed by atoms with Gasteiger partial charge < -0.3 is 19.3 Å². The Morgan fingerprint density at radius 1 is 1.04 bits per heavy atom. The second-order valence-electron chi connectivity index (χ2n) is 13.9. The highest BCUT2D eigenvalue weighted by molar-refractivity contribution is 5.68. The summed E-state index contributed by atoms with van der Waals surface area (Å²) in [4.78, 5) is 18.6. The molecule has 0 radical (unpaired) electrons. The molecule has 7 heteroatoms. The highest BCUT2D eigenvalue weighted by Crippen LogP contribution is 2.48. The lowest BCUT2D eigenvalue weighted by Gasteiger charge is -2.47. The van der Waals surface area contributed by atoms with E-state index in [2.05, 4.69) is 80.6 Å². The molecule has 48 heavy (non-hydrogen) atoms. The molecule has 0 saturated carbocycles. The van der Waals surface area contributed by atoms with Crippen molar-refractivity contribution in [3.63, 3.8) is 0 Å². The van der Waals surface area contributed by atoms with Gasteiger partial charge in [-0.25, -0.2) is 9.78 Å².